The molecule has 33 heavy (non-hydrogen) atoms. The van der Waals surface area contributed by atoms with Crippen molar-refractivity contribution in [2.45, 2.75) is 39.3 Å². The predicted octanol–water partition coefficient (Wildman–Crippen LogP) is 3.07. The molecule has 1 aromatic heterocycles. The van der Waals surface area contributed by atoms with Crippen LogP contribution in [0.1, 0.15) is 27.2 Å². The summed E-state index contributed by atoms with van der Waals surface area (Å²) in [5.74, 6) is 0.0377. The number of benzene rings is 2. The van der Waals surface area contributed by atoms with Gasteiger partial charge in [0.2, 0.25) is 5.91 Å². The van der Waals surface area contributed by atoms with Crippen molar-refractivity contribution in [3.05, 3.63) is 63.3 Å². The minimum atomic E-state index is -0.673. The van der Waals surface area contributed by atoms with Crippen LogP contribution < -0.4 is 26.6 Å². The molecule has 0 aliphatic rings. The third-order valence-corrected chi connectivity index (χ3v) is 4.59. The Bertz CT molecular complexity index is 1300. The van der Waals surface area contributed by atoms with Gasteiger partial charge in [-0.25, -0.2) is 9.59 Å². The van der Waals surface area contributed by atoms with E-state index in [-0.39, 0.29) is 18.9 Å². The average Bonchev–Trinajstić information content (AvgIpc) is 2.72. The summed E-state index contributed by atoms with van der Waals surface area (Å²) < 4.78 is 11.9. The zero-order chi connectivity index (χ0) is 24.2. The van der Waals surface area contributed by atoms with E-state index in [1.54, 1.807) is 63.2 Å². The van der Waals surface area contributed by atoms with E-state index in [2.05, 4.69) is 15.6 Å². The molecular formula is C23H26N4O6. The summed E-state index contributed by atoms with van der Waals surface area (Å²) in [7, 11) is 1.46. The molecule has 3 rings (SSSR count). The number of ether oxygens (including phenoxy) is 2. The number of hydrogen-bond donors (Lipinski definition) is 3. The summed E-state index contributed by atoms with van der Waals surface area (Å²) in [6.45, 7) is 5.31. The molecule has 0 aliphatic heterocycles. The highest BCUT2D eigenvalue weighted by atomic mass is 16.6. The van der Waals surface area contributed by atoms with E-state index in [4.69, 9.17) is 9.47 Å². The Morgan fingerprint density at radius 1 is 1.06 bits per heavy atom. The normalized spacial score (nSPS) is 11.2. The van der Waals surface area contributed by atoms with Crippen LogP contribution in [0.15, 0.2) is 52.1 Å². The second kappa shape index (κ2) is 9.60. The molecule has 0 fully saturated rings. The Hall–Kier alpha value is -4.08. The number of nitrogens with one attached hydrogen (secondary N) is 3. The first kappa shape index (κ1) is 23.6. The number of amides is 2. The maximum absolute atomic E-state index is 12.5. The lowest BCUT2D eigenvalue weighted by Crippen LogP contribution is -2.31. The summed E-state index contributed by atoms with van der Waals surface area (Å²) in [5.41, 5.74) is -0.530. The Balaban J connectivity index is 1.72. The van der Waals surface area contributed by atoms with Crippen LogP contribution in [-0.4, -0.2) is 34.3 Å². The minimum Gasteiger partial charge on any atom is -0.495 e. The lowest BCUT2D eigenvalue weighted by atomic mass is 10.2. The molecule has 10 heteroatoms. The van der Waals surface area contributed by atoms with E-state index in [9.17, 15) is 19.2 Å². The van der Waals surface area contributed by atoms with Crippen molar-refractivity contribution < 1.29 is 19.1 Å². The third kappa shape index (κ3) is 6.00. The number of hydrogen-bond acceptors (Lipinski definition) is 6. The van der Waals surface area contributed by atoms with Crippen LogP contribution in [0.4, 0.5) is 16.2 Å². The molecule has 0 bridgehead atoms. The second-order valence-corrected chi connectivity index (χ2v) is 8.27. The van der Waals surface area contributed by atoms with E-state index >= 15 is 0 Å². The fraction of sp³-hybridized carbons (Fsp3) is 0.304. The van der Waals surface area contributed by atoms with Gasteiger partial charge in [-0.1, -0.05) is 12.1 Å². The number of nitrogens with zero attached hydrogens (tertiary/aromatic N) is 1. The fourth-order valence-electron chi connectivity index (χ4n) is 3.20. The van der Waals surface area contributed by atoms with Crippen LogP contribution in [0.25, 0.3) is 10.9 Å². The van der Waals surface area contributed by atoms with Gasteiger partial charge in [-0.3, -0.25) is 24.5 Å². The number of fused-ring (bicyclic) bond motifs is 1. The van der Waals surface area contributed by atoms with Crippen LogP contribution in [0, 0.1) is 0 Å². The molecule has 0 aliphatic carbocycles. The molecule has 174 valence electrons. The Labute approximate surface area is 189 Å². The summed E-state index contributed by atoms with van der Waals surface area (Å²) in [6.07, 6.45) is -0.676. The Morgan fingerprint density at radius 3 is 2.48 bits per heavy atom. The van der Waals surface area contributed by atoms with E-state index in [0.717, 1.165) is 0 Å². The van der Waals surface area contributed by atoms with Gasteiger partial charge in [0.15, 0.2) is 0 Å². The molecule has 0 radical (unpaired) electrons. The average molecular weight is 454 g/mol. The molecule has 3 aromatic rings. The molecule has 2 amide bonds. The molecule has 0 atom stereocenters. The molecule has 0 spiro atoms. The summed E-state index contributed by atoms with van der Waals surface area (Å²) >= 11 is 0. The smallest absolute Gasteiger partial charge is 0.412 e. The quantitative estimate of drug-likeness (QED) is 0.525. The molecule has 3 N–H and O–H groups in total. The Morgan fingerprint density at radius 2 is 1.79 bits per heavy atom. The fourth-order valence-corrected chi connectivity index (χ4v) is 3.20. The molecular weight excluding hydrogens is 428 g/mol. The van der Waals surface area contributed by atoms with Gasteiger partial charge in [0.05, 0.1) is 23.7 Å². The molecule has 0 saturated carbocycles. The van der Waals surface area contributed by atoms with E-state index in [1.165, 1.54) is 11.7 Å². The van der Waals surface area contributed by atoms with Crippen molar-refractivity contribution in [2.75, 3.05) is 17.7 Å². The standard InChI is InChI=1S/C23H26N4O6/c1-23(2,3)33-22(31)25-16-13-14(9-10-18(16)32-4)24-19(28)11-12-27-17-8-6-5-7-15(17)20(29)26-21(27)30/h5-10,13H,11-12H2,1-4H3,(H,24,28)(H,25,31)(H,26,29,30). The number of carbonyl (C=O) groups is 2. The van der Waals surface area contributed by atoms with Crippen molar-refractivity contribution in [1.82, 2.24) is 9.55 Å². The molecule has 10 nitrogen and oxygen atoms in total. The third-order valence-electron chi connectivity index (χ3n) is 4.59. The molecule has 2 aromatic carbocycles. The van der Waals surface area contributed by atoms with Gasteiger partial charge < -0.3 is 14.8 Å². The second-order valence-electron chi connectivity index (χ2n) is 8.27. The van der Waals surface area contributed by atoms with E-state index in [1.807, 2.05) is 0 Å². The van der Waals surface area contributed by atoms with Gasteiger partial charge in [-0.15, -0.1) is 0 Å². The number of anilines is 2. The zero-order valence-electron chi connectivity index (χ0n) is 18.9. The molecule has 0 saturated heterocycles. The van der Waals surface area contributed by atoms with Crippen molar-refractivity contribution in [3.8, 4) is 5.75 Å². The first-order valence-electron chi connectivity index (χ1n) is 10.3. The highest BCUT2D eigenvalue weighted by molar-refractivity contribution is 5.93. The number of carbonyl (C=O) groups excluding carboxylic acids is 2. The van der Waals surface area contributed by atoms with Gasteiger partial charge >= 0.3 is 11.8 Å². The zero-order valence-corrected chi connectivity index (χ0v) is 18.9. The topological polar surface area (TPSA) is 132 Å². The SMILES string of the molecule is COc1ccc(NC(=O)CCn2c(=O)[nH]c(=O)c3ccccc32)cc1NC(=O)OC(C)(C)C. The molecule has 1 heterocycles. The largest absolute Gasteiger partial charge is 0.495 e. The monoisotopic (exact) mass is 454 g/mol. The van der Waals surface area contributed by atoms with Crippen molar-refractivity contribution in [2.24, 2.45) is 0 Å². The maximum atomic E-state index is 12.5. The van der Waals surface area contributed by atoms with Crippen molar-refractivity contribution in [1.29, 1.82) is 0 Å². The summed E-state index contributed by atoms with van der Waals surface area (Å²) in [6, 6.07) is 11.5. The number of aryl methyl sites for hydroxylation is 1. The minimum absolute atomic E-state index is 0.0171. The van der Waals surface area contributed by atoms with Gasteiger partial charge in [0, 0.05) is 18.7 Å². The lowest BCUT2D eigenvalue weighted by molar-refractivity contribution is -0.116. The van der Waals surface area contributed by atoms with Crippen LogP contribution in [-0.2, 0) is 16.1 Å². The van der Waals surface area contributed by atoms with Crippen LogP contribution in [0.3, 0.4) is 0 Å². The van der Waals surface area contributed by atoms with Crippen LogP contribution >= 0.6 is 0 Å². The first-order chi connectivity index (χ1) is 15.6. The van der Waals surface area contributed by atoms with Gasteiger partial charge in [-0.2, -0.15) is 0 Å². The first-order valence-corrected chi connectivity index (χ1v) is 10.3. The summed E-state index contributed by atoms with van der Waals surface area (Å²) in [4.78, 5) is 51.1. The van der Waals surface area contributed by atoms with Gasteiger partial charge in [0.25, 0.3) is 5.56 Å². The number of H-pyrrole nitrogens is 1. The van der Waals surface area contributed by atoms with Crippen molar-refractivity contribution >= 4 is 34.3 Å². The Kier molecular flexibility index (Phi) is 6.86. The highest BCUT2D eigenvalue weighted by Gasteiger charge is 2.18. The number of rotatable bonds is 6. The van der Waals surface area contributed by atoms with Crippen LogP contribution in [0.2, 0.25) is 0 Å². The van der Waals surface area contributed by atoms with Gasteiger partial charge in [-0.05, 0) is 51.1 Å². The lowest BCUT2D eigenvalue weighted by Gasteiger charge is -2.20. The molecule has 0 unspecified atom stereocenters. The highest BCUT2D eigenvalue weighted by Crippen LogP contribution is 2.28. The number of aromatic nitrogens is 2. The number of aromatic amines is 1. The van der Waals surface area contributed by atoms with Crippen molar-refractivity contribution in [3.63, 3.8) is 0 Å². The van der Waals surface area contributed by atoms with E-state index < -0.39 is 22.9 Å². The summed E-state index contributed by atoms with van der Waals surface area (Å²) in [5, 5.41) is 5.70. The maximum Gasteiger partial charge on any atom is 0.412 e. The predicted molar refractivity (Wildman–Crippen MR) is 125 cm³/mol. The van der Waals surface area contributed by atoms with E-state index in [0.29, 0.717) is 28.0 Å². The number of methoxy groups -OCH3 is 1. The van der Waals surface area contributed by atoms with Crippen LogP contribution in [0.5, 0.6) is 5.75 Å². The number of para-hydroxylation sites is 1. The van der Waals surface area contributed by atoms with Gasteiger partial charge in [0.1, 0.15) is 11.4 Å².